The van der Waals surface area contributed by atoms with E-state index in [0.29, 0.717) is 18.9 Å². The Bertz CT molecular complexity index is 427. The molecular weight excluding hydrogens is 268 g/mol. The van der Waals surface area contributed by atoms with E-state index in [1.807, 2.05) is 4.90 Å². The Balaban J connectivity index is 1.51. The van der Waals surface area contributed by atoms with Crippen molar-refractivity contribution in [2.24, 2.45) is 5.92 Å². The summed E-state index contributed by atoms with van der Waals surface area (Å²) in [6.45, 7) is 4.49. The number of imide groups is 1. The lowest BCUT2D eigenvalue weighted by Gasteiger charge is -2.16. The molecule has 0 unspecified atom stereocenters. The van der Waals surface area contributed by atoms with Crippen LogP contribution in [0.3, 0.4) is 0 Å². The van der Waals surface area contributed by atoms with Crippen LogP contribution in [0.5, 0.6) is 0 Å². The highest BCUT2D eigenvalue weighted by molar-refractivity contribution is 6.12. The van der Waals surface area contributed by atoms with Crippen molar-refractivity contribution in [1.82, 2.24) is 9.80 Å². The number of likely N-dealkylation sites (tertiary alicyclic amines) is 1. The average Bonchev–Trinajstić information content (AvgIpc) is 3.02. The highest BCUT2D eigenvalue weighted by Crippen LogP contribution is 2.17. The number of nitrogens with zero attached hydrogens (tertiary/aromatic N) is 2. The largest absolute Gasteiger partial charge is 0.342 e. The molecule has 0 aliphatic carbocycles. The van der Waals surface area contributed by atoms with Crippen LogP contribution in [-0.2, 0) is 14.4 Å². The zero-order valence-corrected chi connectivity index (χ0v) is 12.7. The molecule has 2 aliphatic heterocycles. The normalized spacial score (nSPS) is 21.7. The fraction of sp³-hybridized carbons (Fsp3) is 0.688. The van der Waals surface area contributed by atoms with Gasteiger partial charge in [-0.15, -0.1) is 0 Å². The predicted molar refractivity (Wildman–Crippen MR) is 79.3 cm³/mol. The lowest BCUT2D eigenvalue weighted by Crippen LogP contribution is -2.30. The Labute approximate surface area is 126 Å². The molecule has 1 saturated heterocycles. The van der Waals surface area contributed by atoms with Crippen LogP contribution in [0.1, 0.15) is 45.4 Å². The van der Waals surface area contributed by atoms with Crippen LogP contribution in [0.2, 0.25) is 0 Å². The first-order valence-corrected chi connectivity index (χ1v) is 7.89. The molecule has 0 radical (unpaired) electrons. The van der Waals surface area contributed by atoms with Crippen molar-refractivity contribution < 1.29 is 14.4 Å². The van der Waals surface area contributed by atoms with Crippen LogP contribution in [0, 0.1) is 5.92 Å². The number of rotatable bonds is 7. The van der Waals surface area contributed by atoms with E-state index < -0.39 is 0 Å². The molecule has 2 rings (SSSR count). The number of hydrogen-bond acceptors (Lipinski definition) is 3. The van der Waals surface area contributed by atoms with Crippen molar-refractivity contribution >= 4 is 17.7 Å². The molecule has 5 nitrogen and oxygen atoms in total. The molecule has 0 aromatic heterocycles. The Hall–Kier alpha value is -1.65. The van der Waals surface area contributed by atoms with Gasteiger partial charge in [0.15, 0.2) is 0 Å². The fourth-order valence-electron chi connectivity index (χ4n) is 2.87. The molecule has 0 spiro atoms. The summed E-state index contributed by atoms with van der Waals surface area (Å²) in [7, 11) is 0. The summed E-state index contributed by atoms with van der Waals surface area (Å²) in [6.07, 6.45) is 8.00. The van der Waals surface area contributed by atoms with Crippen LogP contribution >= 0.6 is 0 Å². The zero-order chi connectivity index (χ0) is 15.2. The van der Waals surface area contributed by atoms with Gasteiger partial charge in [0.25, 0.3) is 11.8 Å². The molecule has 2 heterocycles. The second-order valence-electron chi connectivity index (χ2n) is 6.06. The summed E-state index contributed by atoms with van der Waals surface area (Å²) in [5.41, 5.74) is 0. The van der Waals surface area contributed by atoms with Crippen molar-refractivity contribution in [3.63, 3.8) is 0 Å². The number of unbranched alkanes of at least 4 members (excludes halogenated alkanes) is 3. The Morgan fingerprint density at radius 1 is 1.14 bits per heavy atom. The van der Waals surface area contributed by atoms with E-state index in [-0.39, 0.29) is 17.7 Å². The third kappa shape index (κ3) is 4.41. The van der Waals surface area contributed by atoms with E-state index in [4.69, 9.17) is 0 Å². The summed E-state index contributed by atoms with van der Waals surface area (Å²) in [5, 5.41) is 0. The second-order valence-corrected chi connectivity index (χ2v) is 6.06. The Morgan fingerprint density at radius 3 is 2.43 bits per heavy atom. The molecule has 0 saturated carbocycles. The van der Waals surface area contributed by atoms with Gasteiger partial charge in [-0.05, 0) is 25.2 Å². The summed E-state index contributed by atoms with van der Waals surface area (Å²) < 4.78 is 0. The maximum Gasteiger partial charge on any atom is 0.253 e. The van der Waals surface area contributed by atoms with Gasteiger partial charge in [0.05, 0.1) is 0 Å². The first kappa shape index (κ1) is 15.7. The van der Waals surface area contributed by atoms with Crippen molar-refractivity contribution in [2.75, 3.05) is 19.6 Å². The highest BCUT2D eigenvalue weighted by Gasteiger charge is 2.23. The SMILES string of the molecule is C[C@H]1CCN(C(=O)CCCCCCN2C(=O)C=CC2=O)C1. The van der Waals surface area contributed by atoms with E-state index in [2.05, 4.69) is 6.92 Å². The van der Waals surface area contributed by atoms with Gasteiger partial charge >= 0.3 is 0 Å². The standard InChI is InChI=1S/C16H24N2O3/c1-13-9-11-17(12-13)14(19)6-4-2-3-5-10-18-15(20)7-8-16(18)21/h7-8,13H,2-6,9-12H2,1H3/t13-/m0/s1. The van der Waals surface area contributed by atoms with Gasteiger partial charge in [-0.25, -0.2) is 0 Å². The van der Waals surface area contributed by atoms with Crippen molar-refractivity contribution in [2.45, 2.75) is 45.4 Å². The minimum Gasteiger partial charge on any atom is -0.342 e. The third-order valence-corrected chi connectivity index (χ3v) is 4.20. The molecule has 0 aromatic carbocycles. The molecule has 0 aromatic rings. The van der Waals surface area contributed by atoms with Crippen LogP contribution < -0.4 is 0 Å². The average molecular weight is 292 g/mol. The van der Waals surface area contributed by atoms with Gasteiger partial charge in [0, 0.05) is 38.2 Å². The minimum absolute atomic E-state index is 0.210. The summed E-state index contributed by atoms with van der Waals surface area (Å²) >= 11 is 0. The van der Waals surface area contributed by atoms with E-state index in [1.54, 1.807) is 0 Å². The van der Waals surface area contributed by atoms with Crippen molar-refractivity contribution in [1.29, 1.82) is 0 Å². The lowest BCUT2D eigenvalue weighted by molar-refractivity contribution is -0.136. The molecule has 1 atom stereocenters. The highest BCUT2D eigenvalue weighted by atomic mass is 16.2. The molecule has 3 amide bonds. The minimum atomic E-state index is -0.210. The maximum atomic E-state index is 11.9. The molecule has 21 heavy (non-hydrogen) atoms. The second kappa shape index (κ2) is 7.38. The first-order chi connectivity index (χ1) is 10.1. The molecule has 1 fully saturated rings. The maximum absolute atomic E-state index is 11.9. The Kier molecular flexibility index (Phi) is 5.53. The van der Waals surface area contributed by atoms with Gasteiger partial charge in [0.2, 0.25) is 5.91 Å². The quantitative estimate of drug-likeness (QED) is 0.530. The molecule has 2 aliphatic rings. The zero-order valence-electron chi connectivity index (χ0n) is 12.7. The fourth-order valence-corrected chi connectivity index (χ4v) is 2.87. The third-order valence-electron chi connectivity index (χ3n) is 4.20. The van der Waals surface area contributed by atoms with Crippen molar-refractivity contribution in [3.05, 3.63) is 12.2 Å². The number of carbonyl (C=O) groups is 3. The summed E-state index contributed by atoms with van der Waals surface area (Å²) in [4.78, 5) is 37.9. The van der Waals surface area contributed by atoms with Gasteiger partial charge in [0.1, 0.15) is 0 Å². The lowest BCUT2D eigenvalue weighted by atomic mass is 10.1. The molecule has 116 valence electrons. The molecular formula is C16H24N2O3. The van der Waals surface area contributed by atoms with Gasteiger partial charge in [-0.2, -0.15) is 0 Å². The summed E-state index contributed by atoms with van der Waals surface area (Å²) in [6, 6.07) is 0. The molecule has 5 heteroatoms. The Morgan fingerprint density at radius 2 is 1.81 bits per heavy atom. The van der Waals surface area contributed by atoms with Gasteiger partial charge in [-0.1, -0.05) is 19.8 Å². The topological polar surface area (TPSA) is 57.7 Å². The van der Waals surface area contributed by atoms with Gasteiger partial charge in [-0.3, -0.25) is 19.3 Å². The molecule has 0 bridgehead atoms. The van der Waals surface area contributed by atoms with E-state index in [1.165, 1.54) is 17.1 Å². The van der Waals surface area contributed by atoms with Gasteiger partial charge < -0.3 is 4.90 Å². The van der Waals surface area contributed by atoms with E-state index in [0.717, 1.165) is 45.2 Å². The molecule has 0 N–H and O–H groups in total. The van der Waals surface area contributed by atoms with E-state index in [9.17, 15) is 14.4 Å². The summed E-state index contributed by atoms with van der Waals surface area (Å²) in [5.74, 6) is 0.489. The van der Waals surface area contributed by atoms with Crippen LogP contribution in [0.4, 0.5) is 0 Å². The van der Waals surface area contributed by atoms with Crippen LogP contribution in [0.25, 0.3) is 0 Å². The smallest absolute Gasteiger partial charge is 0.253 e. The van der Waals surface area contributed by atoms with Crippen molar-refractivity contribution in [3.8, 4) is 0 Å². The first-order valence-electron chi connectivity index (χ1n) is 7.89. The number of amides is 3. The van der Waals surface area contributed by atoms with E-state index >= 15 is 0 Å². The predicted octanol–water partition coefficient (Wildman–Crippen LogP) is 1.73. The number of carbonyl (C=O) groups excluding carboxylic acids is 3. The monoisotopic (exact) mass is 292 g/mol. The van der Waals surface area contributed by atoms with Crippen LogP contribution in [-0.4, -0.2) is 47.2 Å². The van der Waals surface area contributed by atoms with Crippen LogP contribution in [0.15, 0.2) is 12.2 Å². The number of hydrogen-bond donors (Lipinski definition) is 0.